The number of benzene rings is 1. The Labute approximate surface area is 217 Å². The number of hydrogen-bond donors (Lipinski definition) is 0. The minimum absolute atomic E-state index is 0.00744. The van der Waals surface area contributed by atoms with Crippen LogP contribution in [0.2, 0.25) is 0 Å². The Hall–Kier alpha value is -2.46. The summed E-state index contributed by atoms with van der Waals surface area (Å²) in [6.45, 7) is 8.88. The molecule has 2 aromatic rings. The summed E-state index contributed by atoms with van der Waals surface area (Å²) in [6.07, 6.45) is -2.92. The summed E-state index contributed by atoms with van der Waals surface area (Å²) in [5, 5.41) is 0. The molecular weight excluding hydrogens is 505 g/mol. The molecule has 0 atom stereocenters. The van der Waals surface area contributed by atoms with Crippen molar-refractivity contribution in [3.63, 3.8) is 0 Å². The van der Waals surface area contributed by atoms with Gasteiger partial charge in [-0.3, -0.25) is 9.78 Å². The van der Waals surface area contributed by atoms with Gasteiger partial charge in [0, 0.05) is 31.3 Å². The van der Waals surface area contributed by atoms with Gasteiger partial charge in [-0.05, 0) is 76.8 Å². The highest BCUT2D eigenvalue weighted by Crippen LogP contribution is 2.38. The Morgan fingerprint density at radius 1 is 1.05 bits per heavy atom. The number of aromatic nitrogens is 1. The Balaban J connectivity index is 1.82. The first-order valence-electron chi connectivity index (χ1n) is 12.5. The molecule has 0 amide bonds. The van der Waals surface area contributed by atoms with E-state index < -0.39 is 38.8 Å². The lowest BCUT2D eigenvalue weighted by molar-refractivity contribution is -0.159. The molecule has 1 aliphatic rings. The number of likely N-dealkylation sites (tertiary alicyclic amines) is 1. The second-order valence-corrected chi connectivity index (χ2v) is 12.7. The molecule has 0 saturated carbocycles. The van der Waals surface area contributed by atoms with E-state index in [4.69, 9.17) is 4.74 Å². The maximum Gasteiger partial charge on any atom is 0.389 e. The first-order chi connectivity index (χ1) is 17.2. The van der Waals surface area contributed by atoms with Gasteiger partial charge in [0.25, 0.3) is 0 Å². The first kappa shape index (κ1) is 29.1. The zero-order valence-electron chi connectivity index (χ0n) is 21.8. The standard InChI is InChI=1S/C27H35F3N2O4S/c1-5-32-17-15-26(16-18-32,24(33)36-25(2,3)4)37(34,35)22-11-9-21(10-12-22)23-13-8-20(19-31-23)7-6-14-27(28,29)30/h8-13,19H,5-7,14-18H2,1-4H3. The summed E-state index contributed by atoms with van der Waals surface area (Å²) >= 11 is 0. The Bertz CT molecular complexity index is 1160. The average Bonchev–Trinajstić information content (AvgIpc) is 2.82. The van der Waals surface area contributed by atoms with Crippen LogP contribution in [-0.4, -0.2) is 60.4 Å². The number of piperidine rings is 1. The summed E-state index contributed by atoms with van der Waals surface area (Å²) in [5.41, 5.74) is 1.11. The number of sulfone groups is 1. The zero-order chi connectivity index (χ0) is 27.5. The van der Waals surface area contributed by atoms with E-state index in [0.717, 1.165) is 6.54 Å². The second kappa shape index (κ2) is 11.1. The van der Waals surface area contributed by atoms with Gasteiger partial charge in [0.05, 0.1) is 10.6 Å². The van der Waals surface area contributed by atoms with Gasteiger partial charge in [0.15, 0.2) is 14.6 Å². The Morgan fingerprint density at radius 2 is 1.68 bits per heavy atom. The lowest BCUT2D eigenvalue weighted by Crippen LogP contribution is -2.56. The van der Waals surface area contributed by atoms with Gasteiger partial charge in [0.1, 0.15) is 5.60 Å². The molecule has 3 rings (SSSR count). The highest BCUT2D eigenvalue weighted by Gasteiger charge is 2.54. The summed E-state index contributed by atoms with van der Waals surface area (Å²) in [7, 11) is -4.07. The smallest absolute Gasteiger partial charge is 0.389 e. The van der Waals surface area contributed by atoms with Crippen molar-refractivity contribution in [3.8, 4) is 11.3 Å². The number of carbonyl (C=O) groups is 1. The molecule has 1 fully saturated rings. The van der Waals surface area contributed by atoms with Crippen molar-refractivity contribution in [2.75, 3.05) is 19.6 Å². The van der Waals surface area contributed by atoms with E-state index in [2.05, 4.69) is 9.88 Å². The van der Waals surface area contributed by atoms with Crippen molar-refractivity contribution in [3.05, 3.63) is 48.2 Å². The van der Waals surface area contributed by atoms with Crippen LogP contribution in [0.25, 0.3) is 11.3 Å². The number of alkyl halides is 3. The lowest BCUT2D eigenvalue weighted by Gasteiger charge is -2.40. The molecule has 0 unspecified atom stereocenters. The number of halogens is 3. The Morgan fingerprint density at radius 3 is 2.16 bits per heavy atom. The predicted octanol–water partition coefficient (Wildman–Crippen LogP) is 5.60. The Kier molecular flexibility index (Phi) is 8.74. The molecule has 0 N–H and O–H groups in total. The lowest BCUT2D eigenvalue weighted by atomic mass is 9.95. The molecule has 1 aliphatic heterocycles. The molecule has 0 spiro atoms. The number of pyridine rings is 1. The molecule has 204 valence electrons. The van der Waals surface area contributed by atoms with E-state index in [1.54, 1.807) is 45.0 Å². The van der Waals surface area contributed by atoms with Gasteiger partial charge in [-0.25, -0.2) is 8.42 Å². The number of esters is 1. The van der Waals surface area contributed by atoms with E-state index >= 15 is 0 Å². The fourth-order valence-electron chi connectivity index (χ4n) is 4.45. The second-order valence-electron chi connectivity index (χ2n) is 10.5. The van der Waals surface area contributed by atoms with Gasteiger partial charge >= 0.3 is 12.1 Å². The SMILES string of the molecule is CCN1CCC(C(=O)OC(C)(C)C)(S(=O)(=O)c2ccc(-c3ccc(CCCC(F)(F)F)cn3)cc2)CC1. The van der Waals surface area contributed by atoms with Gasteiger partial charge in [-0.1, -0.05) is 25.1 Å². The van der Waals surface area contributed by atoms with E-state index in [1.807, 2.05) is 6.92 Å². The quantitative estimate of drug-likeness (QED) is 0.406. The van der Waals surface area contributed by atoms with Crippen LogP contribution in [0.4, 0.5) is 13.2 Å². The molecule has 0 aliphatic carbocycles. The van der Waals surface area contributed by atoms with E-state index in [1.165, 1.54) is 18.3 Å². The van der Waals surface area contributed by atoms with Crippen molar-refractivity contribution < 1.29 is 31.1 Å². The summed E-state index contributed by atoms with van der Waals surface area (Å²) in [5.74, 6) is -0.720. The first-order valence-corrected chi connectivity index (χ1v) is 14.0. The van der Waals surface area contributed by atoms with Crippen molar-refractivity contribution in [2.45, 2.75) is 81.2 Å². The third-order valence-corrected chi connectivity index (χ3v) is 9.10. The van der Waals surface area contributed by atoms with Gasteiger partial charge < -0.3 is 9.64 Å². The molecule has 1 aromatic carbocycles. The number of ether oxygens (including phenoxy) is 1. The van der Waals surface area contributed by atoms with Crippen LogP contribution in [0.3, 0.4) is 0 Å². The van der Waals surface area contributed by atoms with Crippen LogP contribution in [-0.2, 0) is 25.8 Å². The normalized spacial score (nSPS) is 16.9. The highest BCUT2D eigenvalue weighted by atomic mass is 32.2. The zero-order valence-corrected chi connectivity index (χ0v) is 22.6. The molecule has 37 heavy (non-hydrogen) atoms. The van der Waals surface area contributed by atoms with Crippen LogP contribution in [0, 0.1) is 0 Å². The maximum absolute atomic E-state index is 13.9. The average molecular weight is 541 g/mol. The van der Waals surface area contributed by atoms with Gasteiger partial charge in [-0.15, -0.1) is 0 Å². The van der Waals surface area contributed by atoms with Gasteiger partial charge in [0.2, 0.25) is 0 Å². The molecule has 10 heteroatoms. The van der Waals surface area contributed by atoms with Crippen LogP contribution in [0.5, 0.6) is 0 Å². The minimum Gasteiger partial charge on any atom is -0.459 e. The highest BCUT2D eigenvalue weighted by molar-refractivity contribution is 7.93. The van der Waals surface area contributed by atoms with Crippen molar-refractivity contribution >= 4 is 15.8 Å². The molecule has 1 aromatic heterocycles. The molecule has 0 radical (unpaired) electrons. The fourth-order valence-corrected chi connectivity index (χ4v) is 6.38. The van der Waals surface area contributed by atoms with Crippen molar-refractivity contribution in [1.29, 1.82) is 0 Å². The van der Waals surface area contributed by atoms with Crippen LogP contribution in [0.1, 0.15) is 58.9 Å². The fraction of sp³-hybridized carbons (Fsp3) is 0.556. The topological polar surface area (TPSA) is 76.6 Å². The number of rotatable bonds is 8. The number of aryl methyl sites for hydroxylation is 1. The minimum atomic E-state index is -4.18. The van der Waals surface area contributed by atoms with Crippen LogP contribution >= 0.6 is 0 Å². The largest absolute Gasteiger partial charge is 0.459 e. The van der Waals surface area contributed by atoms with Crippen molar-refractivity contribution in [1.82, 2.24) is 9.88 Å². The number of hydrogen-bond acceptors (Lipinski definition) is 6. The molecular formula is C27H35F3N2O4S. The van der Waals surface area contributed by atoms with Crippen molar-refractivity contribution in [2.24, 2.45) is 0 Å². The van der Waals surface area contributed by atoms with E-state index in [9.17, 15) is 26.4 Å². The molecule has 0 bridgehead atoms. The van der Waals surface area contributed by atoms with E-state index in [0.29, 0.717) is 29.9 Å². The predicted molar refractivity (Wildman–Crippen MR) is 136 cm³/mol. The summed E-state index contributed by atoms with van der Waals surface area (Å²) in [6, 6.07) is 9.63. The summed E-state index contributed by atoms with van der Waals surface area (Å²) in [4.78, 5) is 19.8. The van der Waals surface area contributed by atoms with Gasteiger partial charge in [-0.2, -0.15) is 13.2 Å². The van der Waals surface area contributed by atoms with Crippen LogP contribution < -0.4 is 0 Å². The van der Waals surface area contributed by atoms with E-state index in [-0.39, 0.29) is 30.6 Å². The summed E-state index contributed by atoms with van der Waals surface area (Å²) < 4.78 is 68.8. The molecule has 1 saturated heterocycles. The number of carbonyl (C=O) groups excluding carboxylic acids is 1. The third-order valence-electron chi connectivity index (χ3n) is 6.61. The monoisotopic (exact) mass is 540 g/mol. The molecule has 6 nitrogen and oxygen atoms in total. The molecule has 2 heterocycles. The maximum atomic E-state index is 13.9. The van der Waals surface area contributed by atoms with Crippen LogP contribution in [0.15, 0.2) is 47.5 Å². The third kappa shape index (κ3) is 7.10. The number of nitrogens with zero attached hydrogens (tertiary/aromatic N) is 2.